The SMILES string of the molecule is COc1c(C(F)(F)F)ccc2cc(C(C)C)cnc12. The van der Waals surface area contributed by atoms with E-state index in [2.05, 4.69) is 4.98 Å². The van der Waals surface area contributed by atoms with Crippen LogP contribution in [0.5, 0.6) is 5.75 Å². The van der Waals surface area contributed by atoms with Crippen LogP contribution in [0, 0.1) is 0 Å². The number of pyridine rings is 1. The van der Waals surface area contributed by atoms with Crippen LogP contribution in [-0.4, -0.2) is 12.1 Å². The molecule has 1 aromatic heterocycles. The number of alkyl halides is 3. The molecule has 0 amide bonds. The van der Waals surface area contributed by atoms with E-state index in [9.17, 15) is 13.2 Å². The Balaban J connectivity index is 2.71. The first-order valence-electron chi connectivity index (χ1n) is 5.88. The van der Waals surface area contributed by atoms with Crippen molar-refractivity contribution in [1.29, 1.82) is 0 Å². The van der Waals surface area contributed by atoms with Gasteiger partial charge in [0.1, 0.15) is 5.52 Å². The largest absolute Gasteiger partial charge is 0.494 e. The molecule has 0 spiro atoms. The minimum Gasteiger partial charge on any atom is -0.494 e. The Labute approximate surface area is 109 Å². The number of fused-ring (bicyclic) bond motifs is 1. The Morgan fingerprint density at radius 1 is 1.21 bits per heavy atom. The van der Waals surface area contributed by atoms with Crippen LogP contribution in [0.25, 0.3) is 10.9 Å². The van der Waals surface area contributed by atoms with E-state index in [0.717, 1.165) is 11.6 Å². The molecule has 0 radical (unpaired) electrons. The number of methoxy groups -OCH3 is 1. The highest BCUT2D eigenvalue weighted by Gasteiger charge is 2.35. The average Bonchev–Trinajstić information content (AvgIpc) is 2.35. The lowest BCUT2D eigenvalue weighted by molar-refractivity contribution is -0.138. The first kappa shape index (κ1) is 13.6. The molecule has 0 aliphatic heterocycles. The maximum absolute atomic E-state index is 12.9. The van der Waals surface area contributed by atoms with Crippen LogP contribution in [0.4, 0.5) is 13.2 Å². The van der Waals surface area contributed by atoms with Gasteiger partial charge in [-0.3, -0.25) is 4.98 Å². The van der Waals surface area contributed by atoms with Crippen molar-refractivity contribution in [3.63, 3.8) is 0 Å². The summed E-state index contributed by atoms with van der Waals surface area (Å²) in [5, 5.41) is 0.649. The van der Waals surface area contributed by atoms with Crippen molar-refractivity contribution >= 4 is 10.9 Å². The number of nitrogens with zero attached hydrogens (tertiary/aromatic N) is 1. The van der Waals surface area contributed by atoms with Gasteiger partial charge in [-0.2, -0.15) is 13.2 Å². The molecule has 0 unspecified atom stereocenters. The lowest BCUT2D eigenvalue weighted by Gasteiger charge is -2.14. The second-order valence-electron chi connectivity index (χ2n) is 4.64. The number of aromatic nitrogens is 1. The van der Waals surface area contributed by atoms with Gasteiger partial charge in [0.05, 0.1) is 12.7 Å². The molecule has 2 rings (SSSR count). The third-order valence-corrected chi connectivity index (χ3v) is 3.00. The van der Waals surface area contributed by atoms with Crippen molar-refractivity contribution in [2.24, 2.45) is 0 Å². The highest BCUT2D eigenvalue weighted by atomic mass is 19.4. The lowest BCUT2D eigenvalue weighted by Crippen LogP contribution is -2.08. The van der Waals surface area contributed by atoms with E-state index in [-0.39, 0.29) is 17.2 Å². The zero-order chi connectivity index (χ0) is 14.2. The monoisotopic (exact) mass is 269 g/mol. The third kappa shape index (κ3) is 2.50. The minimum atomic E-state index is -4.45. The molecule has 0 saturated carbocycles. The van der Waals surface area contributed by atoms with Crippen LogP contribution in [0.1, 0.15) is 30.9 Å². The van der Waals surface area contributed by atoms with Crippen LogP contribution in [0.3, 0.4) is 0 Å². The van der Waals surface area contributed by atoms with Gasteiger partial charge in [-0.1, -0.05) is 19.9 Å². The maximum Gasteiger partial charge on any atom is 0.420 e. The molecule has 2 nitrogen and oxygen atoms in total. The van der Waals surface area contributed by atoms with Crippen molar-refractivity contribution in [2.75, 3.05) is 7.11 Å². The van der Waals surface area contributed by atoms with Gasteiger partial charge >= 0.3 is 6.18 Å². The summed E-state index contributed by atoms with van der Waals surface area (Å²) in [6.45, 7) is 4.01. The Morgan fingerprint density at radius 2 is 1.89 bits per heavy atom. The number of rotatable bonds is 2. The van der Waals surface area contributed by atoms with Crippen LogP contribution < -0.4 is 4.74 Å². The van der Waals surface area contributed by atoms with Gasteiger partial charge in [-0.05, 0) is 23.6 Å². The van der Waals surface area contributed by atoms with Gasteiger partial charge in [0.25, 0.3) is 0 Å². The summed E-state index contributed by atoms with van der Waals surface area (Å²) in [5.74, 6) is 0.0468. The summed E-state index contributed by atoms with van der Waals surface area (Å²) in [6.07, 6.45) is -2.85. The van der Waals surface area contributed by atoms with Gasteiger partial charge in [-0.15, -0.1) is 0 Å². The Kier molecular flexibility index (Phi) is 3.39. The lowest BCUT2D eigenvalue weighted by atomic mass is 10.0. The molecule has 2 aromatic rings. The van der Waals surface area contributed by atoms with E-state index in [0.29, 0.717) is 5.39 Å². The summed E-state index contributed by atoms with van der Waals surface area (Å²) >= 11 is 0. The van der Waals surface area contributed by atoms with Crippen LogP contribution in [0.15, 0.2) is 24.4 Å². The molecule has 0 saturated heterocycles. The van der Waals surface area contributed by atoms with Gasteiger partial charge in [0.2, 0.25) is 0 Å². The molecule has 102 valence electrons. The predicted molar refractivity (Wildman–Crippen MR) is 67.4 cm³/mol. The normalized spacial score (nSPS) is 12.2. The molecule has 0 aliphatic carbocycles. The molecule has 1 aromatic carbocycles. The summed E-state index contributed by atoms with van der Waals surface area (Å²) < 4.78 is 43.5. The predicted octanol–water partition coefficient (Wildman–Crippen LogP) is 4.39. The van der Waals surface area contributed by atoms with E-state index in [1.807, 2.05) is 19.9 Å². The van der Waals surface area contributed by atoms with Crippen LogP contribution >= 0.6 is 0 Å². The zero-order valence-electron chi connectivity index (χ0n) is 10.9. The summed E-state index contributed by atoms with van der Waals surface area (Å²) in [6, 6.07) is 4.31. The summed E-state index contributed by atoms with van der Waals surface area (Å²) in [5.41, 5.74) is 0.420. The summed E-state index contributed by atoms with van der Waals surface area (Å²) in [4.78, 5) is 4.12. The molecule has 0 atom stereocenters. The van der Waals surface area contributed by atoms with E-state index < -0.39 is 11.7 Å². The maximum atomic E-state index is 12.9. The zero-order valence-corrected chi connectivity index (χ0v) is 10.9. The van der Waals surface area contributed by atoms with Gasteiger partial charge in [0.15, 0.2) is 5.75 Å². The Hall–Kier alpha value is -1.78. The van der Waals surface area contributed by atoms with Crippen molar-refractivity contribution in [3.05, 3.63) is 35.5 Å². The highest BCUT2D eigenvalue weighted by Crippen LogP contribution is 2.40. The van der Waals surface area contributed by atoms with E-state index in [1.54, 1.807) is 6.20 Å². The number of hydrogen-bond donors (Lipinski definition) is 0. The molecule has 19 heavy (non-hydrogen) atoms. The van der Waals surface area contributed by atoms with E-state index in [4.69, 9.17) is 4.74 Å². The standard InChI is InChI=1S/C14H14F3NO/c1-8(2)10-6-9-4-5-11(14(15,16)17)13(19-3)12(9)18-7-10/h4-8H,1-3H3. The Bertz CT molecular complexity index is 605. The van der Waals surface area contributed by atoms with Crippen molar-refractivity contribution in [2.45, 2.75) is 25.9 Å². The van der Waals surface area contributed by atoms with Crippen molar-refractivity contribution in [3.8, 4) is 5.75 Å². The second-order valence-corrected chi connectivity index (χ2v) is 4.64. The molecule has 0 bridgehead atoms. The molecule has 5 heteroatoms. The molecule has 1 heterocycles. The number of benzene rings is 1. The fraction of sp³-hybridized carbons (Fsp3) is 0.357. The smallest absolute Gasteiger partial charge is 0.420 e. The third-order valence-electron chi connectivity index (χ3n) is 3.00. The molecule has 0 N–H and O–H groups in total. The van der Waals surface area contributed by atoms with Crippen molar-refractivity contribution < 1.29 is 17.9 Å². The molecular formula is C14H14F3NO. The number of hydrogen-bond acceptors (Lipinski definition) is 2. The minimum absolute atomic E-state index is 0.222. The van der Waals surface area contributed by atoms with E-state index >= 15 is 0 Å². The van der Waals surface area contributed by atoms with E-state index in [1.165, 1.54) is 13.2 Å². The van der Waals surface area contributed by atoms with Gasteiger partial charge in [0, 0.05) is 11.6 Å². The quantitative estimate of drug-likeness (QED) is 0.806. The second kappa shape index (κ2) is 4.72. The van der Waals surface area contributed by atoms with Gasteiger partial charge < -0.3 is 4.74 Å². The van der Waals surface area contributed by atoms with Crippen LogP contribution in [0.2, 0.25) is 0 Å². The molecule has 0 aliphatic rings. The molecule has 0 fully saturated rings. The first-order chi connectivity index (χ1) is 8.84. The van der Waals surface area contributed by atoms with Gasteiger partial charge in [-0.25, -0.2) is 0 Å². The van der Waals surface area contributed by atoms with Crippen molar-refractivity contribution in [1.82, 2.24) is 4.98 Å². The highest BCUT2D eigenvalue weighted by molar-refractivity contribution is 5.86. The number of halogens is 3. The Morgan fingerprint density at radius 3 is 2.42 bits per heavy atom. The summed E-state index contributed by atoms with van der Waals surface area (Å²) in [7, 11) is 1.22. The molecular weight excluding hydrogens is 255 g/mol. The van der Waals surface area contributed by atoms with Crippen LogP contribution in [-0.2, 0) is 6.18 Å². The first-order valence-corrected chi connectivity index (χ1v) is 5.88. The fourth-order valence-electron chi connectivity index (χ4n) is 1.94. The average molecular weight is 269 g/mol. The number of ether oxygens (including phenoxy) is 1. The topological polar surface area (TPSA) is 22.1 Å². The fourth-order valence-corrected chi connectivity index (χ4v) is 1.94.